The zero-order valence-electron chi connectivity index (χ0n) is 10.4. The smallest absolute Gasteiger partial charge is 0.0537 e. The Morgan fingerprint density at radius 1 is 1.53 bits per heavy atom. The number of aromatic nitrogens is 2. The van der Waals surface area contributed by atoms with Crippen molar-refractivity contribution in [2.75, 3.05) is 6.54 Å². The Kier molecular flexibility index (Phi) is 4.34. The number of rotatable bonds is 6. The van der Waals surface area contributed by atoms with Gasteiger partial charge in [0.05, 0.1) is 6.20 Å². The molecule has 4 heteroatoms. The number of nitrogens with one attached hydrogen (secondary N) is 1. The zero-order valence-corrected chi connectivity index (χ0v) is 11.2. The second-order valence-electron chi connectivity index (χ2n) is 4.23. The summed E-state index contributed by atoms with van der Waals surface area (Å²) >= 11 is 1.77. The van der Waals surface area contributed by atoms with Crippen LogP contribution in [0.25, 0.3) is 0 Å². The highest BCUT2D eigenvalue weighted by molar-refractivity contribution is 7.07. The monoisotopic (exact) mass is 249 g/mol. The summed E-state index contributed by atoms with van der Waals surface area (Å²) in [6, 6.07) is 2.62. The Hall–Kier alpha value is -1.13. The van der Waals surface area contributed by atoms with Gasteiger partial charge >= 0.3 is 0 Å². The SMILES string of the molecule is CCNC(CCc1ccsc1)c1cnn(C)c1. The quantitative estimate of drug-likeness (QED) is 0.853. The van der Waals surface area contributed by atoms with E-state index >= 15 is 0 Å². The molecule has 2 aromatic heterocycles. The van der Waals surface area contributed by atoms with Crippen molar-refractivity contribution in [2.45, 2.75) is 25.8 Å². The second-order valence-corrected chi connectivity index (χ2v) is 5.01. The normalized spacial score (nSPS) is 12.8. The maximum atomic E-state index is 4.24. The molecule has 0 aliphatic rings. The average Bonchev–Trinajstić information content (AvgIpc) is 2.95. The van der Waals surface area contributed by atoms with E-state index in [0.29, 0.717) is 6.04 Å². The van der Waals surface area contributed by atoms with Crippen LogP contribution in [0.5, 0.6) is 0 Å². The first-order valence-electron chi connectivity index (χ1n) is 6.02. The Balaban J connectivity index is 1.97. The van der Waals surface area contributed by atoms with E-state index < -0.39 is 0 Å². The second kappa shape index (κ2) is 5.98. The summed E-state index contributed by atoms with van der Waals surface area (Å²) in [4.78, 5) is 0. The van der Waals surface area contributed by atoms with Crippen molar-refractivity contribution in [2.24, 2.45) is 7.05 Å². The van der Waals surface area contributed by atoms with Gasteiger partial charge in [-0.2, -0.15) is 16.4 Å². The highest BCUT2D eigenvalue weighted by Crippen LogP contribution is 2.19. The lowest BCUT2D eigenvalue weighted by molar-refractivity contribution is 0.515. The lowest BCUT2D eigenvalue weighted by atomic mass is 10.0. The van der Waals surface area contributed by atoms with Crippen LogP contribution in [0.15, 0.2) is 29.2 Å². The molecule has 0 aliphatic carbocycles. The Bertz CT molecular complexity index is 433. The van der Waals surface area contributed by atoms with Gasteiger partial charge in [-0.3, -0.25) is 4.68 Å². The first kappa shape index (κ1) is 12.3. The standard InChI is InChI=1S/C13H19N3S/c1-3-14-13(12-8-15-16(2)9-12)5-4-11-6-7-17-10-11/h6-10,13-14H,3-5H2,1-2H3. The minimum absolute atomic E-state index is 0.411. The van der Waals surface area contributed by atoms with Gasteiger partial charge in [-0.1, -0.05) is 6.92 Å². The summed E-state index contributed by atoms with van der Waals surface area (Å²) in [5, 5.41) is 12.1. The van der Waals surface area contributed by atoms with Crippen molar-refractivity contribution in [3.05, 3.63) is 40.3 Å². The van der Waals surface area contributed by atoms with Crippen LogP contribution in [0.4, 0.5) is 0 Å². The van der Waals surface area contributed by atoms with Crippen molar-refractivity contribution >= 4 is 11.3 Å². The molecule has 17 heavy (non-hydrogen) atoms. The van der Waals surface area contributed by atoms with E-state index in [2.05, 4.69) is 40.4 Å². The fourth-order valence-electron chi connectivity index (χ4n) is 2.00. The van der Waals surface area contributed by atoms with E-state index in [1.807, 2.05) is 17.9 Å². The van der Waals surface area contributed by atoms with Gasteiger partial charge in [0.25, 0.3) is 0 Å². The summed E-state index contributed by atoms with van der Waals surface area (Å²) < 4.78 is 1.87. The van der Waals surface area contributed by atoms with Crippen LogP contribution in [0, 0.1) is 0 Å². The van der Waals surface area contributed by atoms with E-state index in [4.69, 9.17) is 0 Å². The average molecular weight is 249 g/mol. The van der Waals surface area contributed by atoms with Gasteiger partial charge in [-0.05, 0) is 41.8 Å². The molecule has 92 valence electrons. The van der Waals surface area contributed by atoms with E-state index in [-0.39, 0.29) is 0 Å². The third-order valence-corrected chi connectivity index (χ3v) is 3.61. The molecule has 0 aromatic carbocycles. The molecule has 1 N–H and O–H groups in total. The number of nitrogens with zero attached hydrogens (tertiary/aromatic N) is 2. The van der Waals surface area contributed by atoms with Crippen molar-refractivity contribution in [3.63, 3.8) is 0 Å². The molecular weight excluding hydrogens is 230 g/mol. The predicted octanol–water partition coefficient (Wildman–Crippen LogP) is 2.77. The molecule has 0 amide bonds. The molecule has 1 unspecified atom stereocenters. The first-order valence-corrected chi connectivity index (χ1v) is 6.97. The van der Waals surface area contributed by atoms with Crippen molar-refractivity contribution in [1.82, 2.24) is 15.1 Å². The Morgan fingerprint density at radius 3 is 3.00 bits per heavy atom. The minimum atomic E-state index is 0.411. The van der Waals surface area contributed by atoms with E-state index in [1.54, 1.807) is 11.3 Å². The van der Waals surface area contributed by atoms with Crippen molar-refractivity contribution < 1.29 is 0 Å². The van der Waals surface area contributed by atoms with E-state index in [1.165, 1.54) is 11.1 Å². The molecule has 0 aliphatic heterocycles. The van der Waals surface area contributed by atoms with Gasteiger partial charge < -0.3 is 5.32 Å². The van der Waals surface area contributed by atoms with Crippen LogP contribution in [0.2, 0.25) is 0 Å². The maximum absolute atomic E-state index is 4.24. The summed E-state index contributed by atoms with van der Waals surface area (Å²) in [6.07, 6.45) is 6.30. The van der Waals surface area contributed by atoms with Crippen LogP contribution >= 0.6 is 11.3 Å². The molecule has 0 radical (unpaired) electrons. The summed E-state index contributed by atoms with van der Waals surface area (Å²) in [5.74, 6) is 0. The molecule has 1 atom stereocenters. The van der Waals surface area contributed by atoms with Crippen LogP contribution in [-0.4, -0.2) is 16.3 Å². The Labute approximate surface area is 106 Å². The maximum Gasteiger partial charge on any atom is 0.0537 e. The lowest BCUT2D eigenvalue weighted by Gasteiger charge is -2.15. The zero-order chi connectivity index (χ0) is 12.1. The molecule has 2 heterocycles. The van der Waals surface area contributed by atoms with Gasteiger partial charge in [0.15, 0.2) is 0 Å². The number of thiophene rings is 1. The molecule has 0 fully saturated rings. The van der Waals surface area contributed by atoms with Gasteiger partial charge in [-0.25, -0.2) is 0 Å². The van der Waals surface area contributed by atoms with E-state index in [0.717, 1.165) is 19.4 Å². The molecule has 0 bridgehead atoms. The molecular formula is C13H19N3S. The minimum Gasteiger partial charge on any atom is -0.310 e. The predicted molar refractivity (Wildman–Crippen MR) is 72.3 cm³/mol. The molecule has 0 saturated heterocycles. The first-order chi connectivity index (χ1) is 8.29. The molecule has 2 aromatic rings. The van der Waals surface area contributed by atoms with Gasteiger partial charge in [0.1, 0.15) is 0 Å². The molecule has 2 rings (SSSR count). The van der Waals surface area contributed by atoms with Crippen molar-refractivity contribution in [3.8, 4) is 0 Å². The van der Waals surface area contributed by atoms with Crippen LogP contribution in [-0.2, 0) is 13.5 Å². The fourth-order valence-corrected chi connectivity index (χ4v) is 2.70. The van der Waals surface area contributed by atoms with Crippen LogP contribution < -0.4 is 5.32 Å². The van der Waals surface area contributed by atoms with Gasteiger partial charge in [0.2, 0.25) is 0 Å². The topological polar surface area (TPSA) is 29.9 Å². The number of aryl methyl sites for hydroxylation is 2. The van der Waals surface area contributed by atoms with Gasteiger partial charge in [0, 0.05) is 24.8 Å². The summed E-state index contributed by atoms with van der Waals surface area (Å²) in [6.45, 7) is 3.14. The number of hydrogen-bond acceptors (Lipinski definition) is 3. The fraction of sp³-hybridized carbons (Fsp3) is 0.462. The lowest BCUT2D eigenvalue weighted by Crippen LogP contribution is -2.21. The third kappa shape index (κ3) is 3.41. The largest absolute Gasteiger partial charge is 0.310 e. The molecule has 0 spiro atoms. The summed E-state index contributed by atoms with van der Waals surface area (Å²) in [5.41, 5.74) is 2.71. The summed E-state index contributed by atoms with van der Waals surface area (Å²) in [7, 11) is 1.96. The van der Waals surface area contributed by atoms with Crippen molar-refractivity contribution in [1.29, 1.82) is 0 Å². The number of hydrogen-bond donors (Lipinski definition) is 1. The molecule has 0 saturated carbocycles. The van der Waals surface area contributed by atoms with Crippen LogP contribution in [0.3, 0.4) is 0 Å². The van der Waals surface area contributed by atoms with E-state index in [9.17, 15) is 0 Å². The molecule has 3 nitrogen and oxygen atoms in total. The third-order valence-electron chi connectivity index (χ3n) is 2.88. The highest BCUT2D eigenvalue weighted by atomic mass is 32.1. The Morgan fingerprint density at radius 2 is 2.41 bits per heavy atom. The van der Waals surface area contributed by atoms with Crippen LogP contribution in [0.1, 0.15) is 30.5 Å². The highest BCUT2D eigenvalue weighted by Gasteiger charge is 2.12. The van der Waals surface area contributed by atoms with Gasteiger partial charge in [-0.15, -0.1) is 0 Å².